The van der Waals surface area contributed by atoms with Gasteiger partial charge in [-0.1, -0.05) is 45.9 Å². The minimum absolute atomic E-state index is 0.290. The molecule has 1 N–H and O–H groups in total. The standard InChI is InChI=1S/C18H26N2S/c1-5-10-20-17(13-21-18(2,3)4)16-8-6-7-14-12-19-11-9-15(14)16/h6-9,11-12,17,20H,5,10,13H2,1-4H3. The third-order valence-corrected chi connectivity index (χ3v) is 4.78. The smallest absolute Gasteiger partial charge is 0.0418 e. The van der Waals surface area contributed by atoms with Crippen molar-refractivity contribution in [1.82, 2.24) is 10.3 Å². The van der Waals surface area contributed by atoms with Crippen molar-refractivity contribution in [2.24, 2.45) is 0 Å². The molecule has 1 aromatic carbocycles. The Morgan fingerprint density at radius 2 is 2.05 bits per heavy atom. The average Bonchev–Trinajstić information content (AvgIpc) is 2.46. The van der Waals surface area contributed by atoms with Gasteiger partial charge in [-0.25, -0.2) is 0 Å². The highest BCUT2D eigenvalue weighted by atomic mass is 32.2. The lowest BCUT2D eigenvalue weighted by molar-refractivity contribution is 0.578. The van der Waals surface area contributed by atoms with Crippen LogP contribution in [-0.2, 0) is 0 Å². The van der Waals surface area contributed by atoms with Gasteiger partial charge in [0.2, 0.25) is 0 Å². The van der Waals surface area contributed by atoms with Gasteiger partial charge < -0.3 is 5.32 Å². The van der Waals surface area contributed by atoms with Crippen LogP contribution in [0.2, 0.25) is 0 Å². The van der Waals surface area contributed by atoms with Crippen molar-refractivity contribution in [2.45, 2.75) is 44.9 Å². The van der Waals surface area contributed by atoms with Gasteiger partial charge in [0.1, 0.15) is 0 Å². The highest BCUT2D eigenvalue weighted by molar-refractivity contribution is 8.00. The minimum Gasteiger partial charge on any atom is -0.309 e. The Morgan fingerprint density at radius 1 is 1.24 bits per heavy atom. The summed E-state index contributed by atoms with van der Waals surface area (Å²) in [5.41, 5.74) is 1.39. The van der Waals surface area contributed by atoms with E-state index in [0.717, 1.165) is 18.7 Å². The second kappa shape index (κ2) is 7.28. The van der Waals surface area contributed by atoms with E-state index in [1.165, 1.54) is 16.3 Å². The molecule has 0 amide bonds. The number of hydrogen-bond donors (Lipinski definition) is 1. The predicted molar refractivity (Wildman–Crippen MR) is 95.0 cm³/mol. The first kappa shape index (κ1) is 16.3. The molecule has 1 atom stereocenters. The highest BCUT2D eigenvalue weighted by Crippen LogP contribution is 2.31. The van der Waals surface area contributed by atoms with Gasteiger partial charge in [-0.15, -0.1) is 0 Å². The summed E-state index contributed by atoms with van der Waals surface area (Å²) < 4.78 is 0.290. The summed E-state index contributed by atoms with van der Waals surface area (Å²) in [5, 5.41) is 6.25. The third-order valence-electron chi connectivity index (χ3n) is 3.41. The van der Waals surface area contributed by atoms with Gasteiger partial charge in [-0.3, -0.25) is 4.98 Å². The van der Waals surface area contributed by atoms with Crippen molar-refractivity contribution >= 4 is 22.5 Å². The summed E-state index contributed by atoms with van der Waals surface area (Å²) in [7, 11) is 0. The van der Waals surface area contributed by atoms with Crippen LogP contribution in [0.3, 0.4) is 0 Å². The molecule has 2 nitrogen and oxygen atoms in total. The molecule has 0 bridgehead atoms. The molecular formula is C18H26N2S. The number of benzene rings is 1. The summed E-state index contributed by atoms with van der Waals surface area (Å²) in [6.45, 7) is 10.1. The maximum Gasteiger partial charge on any atom is 0.0418 e. The molecule has 1 aromatic heterocycles. The SMILES string of the molecule is CCCNC(CSC(C)(C)C)c1cccc2cnccc12. The van der Waals surface area contributed by atoms with Crippen LogP contribution in [-0.4, -0.2) is 22.0 Å². The molecule has 2 rings (SSSR count). The van der Waals surface area contributed by atoms with Crippen LogP contribution in [0.15, 0.2) is 36.7 Å². The van der Waals surface area contributed by atoms with Crippen LogP contribution < -0.4 is 5.32 Å². The Kier molecular flexibility index (Phi) is 5.65. The van der Waals surface area contributed by atoms with E-state index in [-0.39, 0.29) is 4.75 Å². The fourth-order valence-electron chi connectivity index (χ4n) is 2.36. The normalized spacial score (nSPS) is 13.5. The number of nitrogens with one attached hydrogen (secondary N) is 1. The number of nitrogens with zero attached hydrogens (tertiary/aromatic N) is 1. The van der Waals surface area contributed by atoms with E-state index < -0.39 is 0 Å². The summed E-state index contributed by atoms with van der Waals surface area (Å²) in [6, 6.07) is 9.05. The Morgan fingerprint density at radius 3 is 2.76 bits per heavy atom. The van der Waals surface area contributed by atoms with Gasteiger partial charge in [0.25, 0.3) is 0 Å². The van der Waals surface area contributed by atoms with Crippen LogP contribution >= 0.6 is 11.8 Å². The molecule has 21 heavy (non-hydrogen) atoms. The summed E-state index contributed by atoms with van der Waals surface area (Å²) >= 11 is 2.02. The molecule has 1 unspecified atom stereocenters. The fraction of sp³-hybridized carbons (Fsp3) is 0.500. The molecule has 0 saturated carbocycles. The zero-order valence-corrected chi connectivity index (χ0v) is 14.3. The first-order valence-corrected chi connectivity index (χ1v) is 8.70. The van der Waals surface area contributed by atoms with Crippen molar-refractivity contribution in [3.8, 4) is 0 Å². The molecule has 3 heteroatoms. The van der Waals surface area contributed by atoms with E-state index in [2.05, 4.69) is 62.3 Å². The van der Waals surface area contributed by atoms with Gasteiger partial charge in [-0.2, -0.15) is 11.8 Å². The maximum atomic E-state index is 4.24. The maximum absolute atomic E-state index is 4.24. The molecular weight excluding hydrogens is 276 g/mol. The predicted octanol–water partition coefficient (Wildman–Crippen LogP) is 4.81. The molecule has 0 radical (unpaired) electrons. The van der Waals surface area contributed by atoms with Crippen molar-refractivity contribution in [1.29, 1.82) is 0 Å². The number of thioether (sulfide) groups is 1. The van der Waals surface area contributed by atoms with E-state index >= 15 is 0 Å². The zero-order valence-electron chi connectivity index (χ0n) is 13.5. The first-order chi connectivity index (χ1) is 10.0. The molecule has 114 valence electrons. The Hall–Kier alpha value is -1.06. The average molecular weight is 302 g/mol. The van der Waals surface area contributed by atoms with Crippen LogP contribution in [0.5, 0.6) is 0 Å². The van der Waals surface area contributed by atoms with Crippen molar-refractivity contribution in [3.05, 3.63) is 42.2 Å². The van der Waals surface area contributed by atoms with Gasteiger partial charge in [0.15, 0.2) is 0 Å². The molecule has 0 fully saturated rings. The molecule has 0 spiro atoms. The van der Waals surface area contributed by atoms with E-state index in [0.29, 0.717) is 6.04 Å². The van der Waals surface area contributed by atoms with Gasteiger partial charge in [0.05, 0.1) is 0 Å². The Labute approximate surface area is 132 Å². The van der Waals surface area contributed by atoms with Crippen molar-refractivity contribution < 1.29 is 0 Å². The summed E-state index contributed by atoms with van der Waals surface area (Å²) in [4.78, 5) is 4.24. The molecule has 0 aliphatic rings. The van der Waals surface area contributed by atoms with Crippen molar-refractivity contribution in [3.63, 3.8) is 0 Å². The topological polar surface area (TPSA) is 24.9 Å². The monoisotopic (exact) mass is 302 g/mol. The lowest BCUT2D eigenvalue weighted by Gasteiger charge is -2.25. The van der Waals surface area contributed by atoms with E-state index in [4.69, 9.17) is 0 Å². The van der Waals surface area contributed by atoms with E-state index in [1.54, 1.807) is 0 Å². The molecule has 0 saturated heterocycles. The molecule has 0 aliphatic carbocycles. The van der Waals surface area contributed by atoms with Crippen LogP contribution in [0.1, 0.15) is 45.7 Å². The van der Waals surface area contributed by atoms with Crippen LogP contribution in [0.25, 0.3) is 10.8 Å². The molecule has 2 aromatic rings. The van der Waals surface area contributed by atoms with Gasteiger partial charge >= 0.3 is 0 Å². The van der Waals surface area contributed by atoms with Gasteiger partial charge in [0, 0.05) is 34.3 Å². The van der Waals surface area contributed by atoms with Gasteiger partial charge in [-0.05, 0) is 30.0 Å². The second-order valence-electron chi connectivity index (χ2n) is 6.37. The number of pyridine rings is 1. The first-order valence-electron chi connectivity index (χ1n) is 7.71. The fourth-order valence-corrected chi connectivity index (χ4v) is 3.33. The Bertz CT molecular complexity index is 569. The molecule has 1 heterocycles. The number of hydrogen-bond acceptors (Lipinski definition) is 3. The lowest BCUT2D eigenvalue weighted by Crippen LogP contribution is -2.26. The van der Waals surface area contributed by atoms with E-state index in [1.807, 2.05) is 24.2 Å². The zero-order chi connectivity index (χ0) is 15.3. The number of fused-ring (bicyclic) bond motifs is 1. The van der Waals surface area contributed by atoms with Crippen LogP contribution in [0.4, 0.5) is 0 Å². The van der Waals surface area contributed by atoms with Crippen LogP contribution in [0, 0.1) is 0 Å². The van der Waals surface area contributed by atoms with Crippen molar-refractivity contribution in [2.75, 3.05) is 12.3 Å². The summed E-state index contributed by atoms with van der Waals surface area (Å²) in [6.07, 6.45) is 5.00. The Balaban J connectivity index is 2.29. The quantitative estimate of drug-likeness (QED) is 0.829. The lowest BCUT2D eigenvalue weighted by atomic mass is 10.0. The minimum atomic E-state index is 0.290. The second-order valence-corrected chi connectivity index (χ2v) is 8.22. The number of aromatic nitrogens is 1. The van der Waals surface area contributed by atoms with E-state index in [9.17, 15) is 0 Å². The largest absolute Gasteiger partial charge is 0.309 e. The third kappa shape index (κ3) is 4.72. The number of rotatable bonds is 6. The highest BCUT2D eigenvalue weighted by Gasteiger charge is 2.18. The molecule has 0 aliphatic heterocycles. The summed E-state index contributed by atoms with van der Waals surface area (Å²) in [5.74, 6) is 1.09.